The Hall–Kier alpha value is -1.71. The van der Waals surface area contributed by atoms with E-state index in [4.69, 9.17) is 10.5 Å². The number of nitrogen functional groups attached to an aromatic ring is 1. The Morgan fingerprint density at radius 1 is 1.44 bits per heavy atom. The highest BCUT2D eigenvalue weighted by Crippen LogP contribution is 2.29. The van der Waals surface area contributed by atoms with Crippen molar-refractivity contribution in [3.05, 3.63) is 23.3 Å². The van der Waals surface area contributed by atoms with Crippen molar-refractivity contribution in [1.29, 1.82) is 0 Å². The lowest BCUT2D eigenvalue weighted by molar-refractivity contribution is -0.129. The summed E-state index contributed by atoms with van der Waals surface area (Å²) in [5.41, 5.74) is 8.86. The number of methoxy groups -OCH3 is 1. The van der Waals surface area contributed by atoms with Crippen molar-refractivity contribution in [3.63, 3.8) is 0 Å². The molecule has 0 spiro atoms. The van der Waals surface area contributed by atoms with E-state index in [1.165, 1.54) is 5.56 Å². The molecule has 0 saturated heterocycles. The molecule has 4 heteroatoms. The Bertz CT molecular complexity index is 429. The van der Waals surface area contributed by atoms with Crippen molar-refractivity contribution in [3.8, 4) is 5.75 Å². The van der Waals surface area contributed by atoms with Gasteiger partial charge < -0.3 is 15.4 Å². The zero-order valence-corrected chi connectivity index (χ0v) is 9.62. The topological polar surface area (TPSA) is 55.6 Å². The average molecular weight is 220 g/mol. The normalized spacial score (nSPS) is 14.5. The van der Waals surface area contributed by atoms with Crippen LogP contribution < -0.4 is 10.5 Å². The second-order valence-corrected chi connectivity index (χ2v) is 4.05. The second-order valence-electron chi connectivity index (χ2n) is 4.05. The van der Waals surface area contributed by atoms with Crippen molar-refractivity contribution in [2.45, 2.75) is 19.9 Å². The first-order valence-corrected chi connectivity index (χ1v) is 5.32. The quantitative estimate of drug-likeness (QED) is 0.723. The summed E-state index contributed by atoms with van der Waals surface area (Å²) in [6.07, 6.45) is 0.864. The van der Waals surface area contributed by atoms with Crippen molar-refractivity contribution >= 4 is 11.6 Å². The van der Waals surface area contributed by atoms with E-state index < -0.39 is 0 Å². The maximum absolute atomic E-state index is 11.3. The Kier molecular flexibility index (Phi) is 2.73. The third kappa shape index (κ3) is 1.83. The summed E-state index contributed by atoms with van der Waals surface area (Å²) in [5, 5.41) is 0. The molecular formula is C12H16N2O2. The number of amides is 1. The fourth-order valence-corrected chi connectivity index (χ4v) is 2.05. The summed E-state index contributed by atoms with van der Waals surface area (Å²) in [6.45, 7) is 3.02. The van der Waals surface area contributed by atoms with Gasteiger partial charge in [0.2, 0.25) is 5.91 Å². The molecule has 1 aromatic rings. The molecule has 1 aliphatic heterocycles. The number of nitrogens with zero attached hydrogens (tertiary/aromatic N) is 1. The van der Waals surface area contributed by atoms with Crippen molar-refractivity contribution in [2.75, 3.05) is 19.4 Å². The van der Waals surface area contributed by atoms with Crippen LogP contribution >= 0.6 is 0 Å². The van der Waals surface area contributed by atoms with E-state index in [0.29, 0.717) is 18.0 Å². The molecule has 2 rings (SSSR count). The number of benzene rings is 1. The molecule has 1 aromatic carbocycles. The highest BCUT2D eigenvalue weighted by molar-refractivity contribution is 5.74. The summed E-state index contributed by atoms with van der Waals surface area (Å²) in [4.78, 5) is 13.1. The standard InChI is InChI=1S/C12H16N2O2/c1-8(15)14-4-3-9-5-11(13)12(16-2)6-10(9)7-14/h5-6H,3-4,7,13H2,1-2H3. The molecule has 0 bridgehead atoms. The minimum atomic E-state index is 0.112. The summed E-state index contributed by atoms with van der Waals surface area (Å²) in [6, 6.07) is 3.88. The molecule has 16 heavy (non-hydrogen) atoms. The van der Waals surface area contributed by atoms with E-state index in [0.717, 1.165) is 18.5 Å². The lowest BCUT2D eigenvalue weighted by Gasteiger charge is -2.28. The summed E-state index contributed by atoms with van der Waals surface area (Å²) >= 11 is 0. The predicted molar refractivity (Wildman–Crippen MR) is 62.2 cm³/mol. The zero-order chi connectivity index (χ0) is 11.7. The summed E-state index contributed by atoms with van der Waals surface area (Å²) < 4.78 is 5.18. The number of ether oxygens (including phenoxy) is 1. The van der Waals surface area contributed by atoms with Crippen molar-refractivity contribution < 1.29 is 9.53 Å². The molecule has 0 aromatic heterocycles. The van der Waals surface area contributed by atoms with E-state index in [2.05, 4.69) is 0 Å². The minimum absolute atomic E-state index is 0.112. The second kappa shape index (κ2) is 4.04. The van der Waals surface area contributed by atoms with Gasteiger partial charge in [0.1, 0.15) is 5.75 Å². The first kappa shape index (κ1) is 10.8. The smallest absolute Gasteiger partial charge is 0.219 e. The van der Waals surface area contributed by atoms with Gasteiger partial charge in [0, 0.05) is 20.0 Å². The van der Waals surface area contributed by atoms with E-state index in [1.807, 2.05) is 17.0 Å². The molecule has 1 heterocycles. The Labute approximate surface area is 95.0 Å². The fourth-order valence-electron chi connectivity index (χ4n) is 2.05. The Morgan fingerprint density at radius 2 is 2.19 bits per heavy atom. The third-order valence-corrected chi connectivity index (χ3v) is 3.01. The van der Waals surface area contributed by atoms with Crippen LogP contribution in [0.2, 0.25) is 0 Å². The molecular weight excluding hydrogens is 204 g/mol. The van der Waals surface area contributed by atoms with Crippen LogP contribution in [-0.4, -0.2) is 24.5 Å². The number of rotatable bonds is 1. The fraction of sp³-hybridized carbons (Fsp3) is 0.417. The van der Waals surface area contributed by atoms with E-state index in [9.17, 15) is 4.79 Å². The van der Waals surface area contributed by atoms with Gasteiger partial charge in [0.05, 0.1) is 12.8 Å². The molecule has 0 aliphatic carbocycles. The van der Waals surface area contributed by atoms with Crippen LogP contribution in [0.1, 0.15) is 18.1 Å². The number of carbonyl (C=O) groups excluding carboxylic acids is 1. The molecule has 1 aliphatic rings. The van der Waals surface area contributed by atoms with Gasteiger partial charge in [-0.25, -0.2) is 0 Å². The molecule has 0 fully saturated rings. The number of fused-ring (bicyclic) bond motifs is 1. The minimum Gasteiger partial charge on any atom is -0.495 e. The SMILES string of the molecule is COc1cc2c(cc1N)CCN(C(C)=O)C2. The van der Waals surface area contributed by atoms with Gasteiger partial charge in [-0.05, 0) is 29.7 Å². The van der Waals surface area contributed by atoms with Gasteiger partial charge in [-0.3, -0.25) is 4.79 Å². The van der Waals surface area contributed by atoms with Crippen LogP contribution in [0.15, 0.2) is 12.1 Å². The first-order valence-electron chi connectivity index (χ1n) is 5.32. The molecule has 0 atom stereocenters. The summed E-state index contributed by atoms with van der Waals surface area (Å²) in [5.74, 6) is 0.797. The van der Waals surface area contributed by atoms with E-state index in [1.54, 1.807) is 14.0 Å². The van der Waals surface area contributed by atoms with Gasteiger partial charge in [0.15, 0.2) is 0 Å². The average Bonchev–Trinajstić information content (AvgIpc) is 2.27. The maximum atomic E-state index is 11.3. The Morgan fingerprint density at radius 3 is 2.81 bits per heavy atom. The number of carbonyl (C=O) groups is 1. The third-order valence-electron chi connectivity index (χ3n) is 3.01. The summed E-state index contributed by atoms with van der Waals surface area (Å²) in [7, 11) is 1.60. The number of nitrogens with two attached hydrogens (primary N) is 1. The van der Waals surface area contributed by atoms with Crippen LogP contribution in [-0.2, 0) is 17.8 Å². The van der Waals surface area contributed by atoms with Crippen molar-refractivity contribution in [1.82, 2.24) is 4.90 Å². The molecule has 0 saturated carbocycles. The lowest BCUT2D eigenvalue weighted by atomic mass is 9.98. The van der Waals surface area contributed by atoms with Crippen LogP contribution in [0.4, 0.5) is 5.69 Å². The van der Waals surface area contributed by atoms with Crippen LogP contribution in [0.5, 0.6) is 5.75 Å². The van der Waals surface area contributed by atoms with Gasteiger partial charge in [-0.15, -0.1) is 0 Å². The maximum Gasteiger partial charge on any atom is 0.219 e. The van der Waals surface area contributed by atoms with Gasteiger partial charge in [-0.1, -0.05) is 0 Å². The molecule has 2 N–H and O–H groups in total. The van der Waals surface area contributed by atoms with E-state index in [-0.39, 0.29) is 5.91 Å². The number of hydrogen-bond donors (Lipinski definition) is 1. The lowest BCUT2D eigenvalue weighted by Crippen LogP contribution is -2.34. The van der Waals surface area contributed by atoms with E-state index >= 15 is 0 Å². The molecule has 0 unspecified atom stereocenters. The highest BCUT2D eigenvalue weighted by Gasteiger charge is 2.19. The molecule has 0 radical (unpaired) electrons. The predicted octanol–water partition coefficient (Wildman–Crippen LogP) is 1.18. The van der Waals surface area contributed by atoms with Crippen LogP contribution in [0.3, 0.4) is 0 Å². The van der Waals surface area contributed by atoms with Crippen molar-refractivity contribution in [2.24, 2.45) is 0 Å². The molecule has 1 amide bonds. The largest absolute Gasteiger partial charge is 0.495 e. The number of anilines is 1. The first-order chi connectivity index (χ1) is 7.61. The molecule has 4 nitrogen and oxygen atoms in total. The Balaban J connectivity index is 2.34. The monoisotopic (exact) mass is 220 g/mol. The van der Waals surface area contributed by atoms with Crippen LogP contribution in [0.25, 0.3) is 0 Å². The van der Waals surface area contributed by atoms with Gasteiger partial charge in [-0.2, -0.15) is 0 Å². The van der Waals surface area contributed by atoms with Crippen LogP contribution in [0, 0.1) is 0 Å². The van der Waals surface area contributed by atoms with Gasteiger partial charge in [0.25, 0.3) is 0 Å². The molecule has 86 valence electrons. The highest BCUT2D eigenvalue weighted by atomic mass is 16.5. The zero-order valence-electron chi connectivity index (χ0n) is 9.62. The number of hydrogen-bond acceptors (Lipinski definition) is 3. The van der Waals surface area contributed by atoms with Gasteiger partial charge >= 0.3 is 0 Å².